The van der Waals surface area contributed by atoms with E-state index in [4.69, 9.17) is 0 Å². The Hall–Kier alpha value is -1.06. The van der Waals surface area contributed by atoms with Gasteiger partial charge in [-0.25, -0.2) is 0 Å². The van der Waals surface area contributed by atoms with E-state index < -0.39 is 5.54 Å². The molecule has 1 N–H and O–H groups in total. The highest BCUT2D eigenvalue weighted by Gasteiger charge is 2.54. The van der Waals surface area contributed by atoms with Crippen molar-refractivity contribution in [1.82, 2.24) is 10.2 Å². The standard InChI is InChI=1S/C15H24N2O2/c1-2-10-17-13(18)12(11-6-7-11)16-14(19)15(17)8-4-3-5-9-15/h11-12H,2-10H2,1H3,(H,16,19). The second-order valence-electron chi connectivity index (χ2n) is 6.37. The van der Waals surface area contributed by atoms with E-state index in [2.05, 4.69) is 12.2 Å². The van der Waals surface area contributed by atoms with Crippen LogP contribution in [0.1, 0.15) is 58.3 Å². The molecule has 4 nitrogen and oxygen atoms in total. The summed E-state index contributed by atoms with van der Waals surface area (Å²) in [4.78, 5) is 27.3. The smallest absolute Gasteiger partial charge is 0.246 e. The zero-order chi connectivity index (χ0) is 13.5. The van der Waals surface area contributed by atoms with Crippen molar-refractivity contribution in [3.63, 3.8) is 0 Å². The van der Waals surface area contributed by atoms with Gasteiger partial charge < -0.3 is 10.2 Å². The summed E-state index contributed by atoms with van der Waals surface area (Å²) < 4.78 is 0. The van der Waals surface area contributed by atoms with Gasteiger partial charge in [-0.1, -0.05) is 26.2 Å². The first-order valence-corrected chi connectivity index (χ1v) is 7.81. The lowest BCUT2D eigenvalue weighted by Gasteiger charge is -2.50. The number of nitrogens with zero attached hydrogens (tertiary/aromatic N) is 1. The molecule has 1 aliphatic heterocycles. The van der Waals surface area contributed by atoms with Crippen LogP contribution in [0.4, 0.5) is 0 Å². The maximum absolute atomic E-state index is 12.7. The second-order valence-corrected chi connectivity index (χ2v) is 6.37. The lowest BCUT2D eigenvalue weighted by molar-refractivity contribution is -0.160. The normalized spacial score (nSPS) is 30.6. The Balaban J connectivity index is 1.89. The molecule has 2 amide bonds. The van der Waals surface area contributed by atoms with E-state index in [9.17, 15) is 9.59 Å². The quantitative estimate of drug-likeness (QED) is 0.845. The average molecular weight is 264 g/mol. The van der Waals surface area contributed by atoms with Crippen LogP contribution in [-0.4, -0.2) is 34.8 Å². The Morgan fingerprint density at radius 3 is 2.47 bits per heavy atom. The van der Waals surface area contributed by atoms with Crippen LogP contribution in [0.2, 0.25) is 0 Å². The molecule has 0 aromatic rings. The minimum atomic E-state index is -0.517. The first kappa shape index (κ1) is 12.9. The van der Waals surface area contributed by atoms with Crippen LogP contribution in [0, 0.1) is 5.92 Å². The van der Waals surface area contributed by atoms with Gasteiger partial charge in [0.15, 0.2) is 0 Å². The van der Waals surface area contributed by atoms with Crippen LogP contribution in [0.5, 0.6) is 0 Å². The zero-order valence-corrected chi connectivity index (χ0v) is 11.8. The van der Waals surface area contributed by atoms with Crippen molar-refractivity contribution in [1.29, 1.82) is 0 Å². The third kappa shape index (κ3) is 2.05. The Kier molecular flexibility index (Phi) is 3.27. The summed E-state index contributed by atoms with van der Waals surface area (Å²) >= 11 is 0. The van der Waals surface area contributed by atoms with Crippen LogP contribution in [0.15, 0.2) is 0 Å². The molecule has 2 saturated carbocycles. The molecule has 1 heterocycles. The molecule has 0 aromatic heterocycles. The summed E-state index contributed by atoms with van der Waals surface area (Å²) in [5, 5.41) is 3.05. The number of nitrogens with one attached hydrogen (secondary N) is 1. The first-order valence-electron chi connectivity index (χ1n) is 7.81. The van der Waals surface area contributed by atoms with Gasteiger partial charge in [-0.15, -0.1) is 0 Å². The fourth-order valence-electron chi connectivity index (χ4n) is 3.77. The molecule has 3 fully saturated rings. The molecule has 106 valence electrons. The maximum Gasteiger partial charge on any atom is 0.246 e. The highest BCUT2D eigenvalue weighted by atomic mass is 16.2. The van der Waals surface area contributed by atoms with E-state index in [-0.39, 0.29) is 17.9 Å². The van der Waals surface area contributed by atoms with E-state index in [1.54, 1.807) is 0 Å². The highest BCUT2D eigenvalue weighted by molar-refractivity contribution is 6.00. The van der Waals surface area contributed by atoms with Crippen molar-refractivity contribution in [2.24, 2.45) is 5.92 Å². The first-order chi connectivity index (χ1) is 9.19. The summed E-state index contributed by atoms with van der Waals surface area (Å²) in [6.45, 7) is 2.82. The van der Waals surface area contributed by atoms with Crippen LogP contribution in [-0.2, 0) is 9.59 Å². The number of rotatable bonds is 3. The monoisotopic (exact) mass is 264 g/mol. The van der Waals surface area contributed by atoms with Gasteiger partial charge in [-0.05, 0) is 38.0 Å². The molecule has 2 aliphatic carbocycles. The lowest BCUT2D eigenvalue weighted by atomic mass is 9.77. The topological polar surface area (TPSA) is 49.4 Å². The summed E-state index contributed by atoms with van der Waals surface area (Å²) in [6.07, 6.45) is 8.12. The van der Waals surface area contributed by atoms with Gasteiger partial charge in [-0.3, -0.25) is 9.59 Å². The number of amides is 2. The predicted molar refractivity (Wildman–Crippen MR) is 72.5 cm³/mol. The molecule has 1 saturated heterocycles. The van der Waals surface area contributed by atoms with Gasteiger partial charge in [0.25, 0.3) is 0 Å². The predicted octanol–water partition coefficient (Wildman–Crippen LogP) is 1.84. The average Bonchev–Trinajstić information content (AvgIpc) is 3.25. The van der Waals surface area contributed by atoms with Crippen molar-refractivity contribution in [3.05, 3.63) is 0 Å². The molecule has 3 rings (SSSR count). The molecule has 1 unspecified atom stereocenters. The Morgan fingerprint density at radius 1 is 1.21 bits per heavy atom. The fraction of sp³-hybridized carbons (Fsp3) is 0.867. The van der Waals surface area contributed by atoms with E-state index in [1.165, 1.54) is 6.42 Å². The fourth-order valence-corrected chi connectivity index (χ4v) is 3.77. The van der Waals surface area contributed by atoms with Crippen LogP contribution in [0.3, 0.4) is 0 Å². The highest BCUT2D eigenvalue weighted by Crippen LogP contribution is 2.41. The summed E-state index contributed by atoms with van der Waals surface area (Å²) in [6, 6.07) is -0.230. The summed E-state index contributed by atoms with van der Waals surface area (Å²) in [5.41, 5.74) is -0.517. The molecular formula is C15H24N2O2. The van der Waals surface area contributed by atoms with Gasteiger partial charge in [0.2, 0.25) is 11.8 Å². The number of piperazine rings is 1. The van der Waals surface area contributed by atoms with E-state index in [0.29, 0.717) is 5.92 Å². The molecule has 19 heavy (non-hydrogen) atoms. The SMILES string of the molecule is CCCN1C(=O)C(C2CC2)NC(=O)C12CCCCC2. The van der Waals surface area contributed by atoms with Crippen molar-refractivity contribution in [2.45, 2.75) is 69.9 Å². The van der Waals surface area contributed by atoms with E-state index >= 15 is 0 Å². The summed E-state index contributed by atoms with van der Waals surface area (Å²) in [7, 11) is 0. The molecule has 0 radical (unpaired) electrons. The number of hydrogen-bond donors (Lipinski definition) is 1. The van der Waals surface area contributed by atoms with Crippen LogP contribution >= 0.6 is 0 Å². The van der Waals surface area contributed by atoms with Crippen molar-refractivity contribution < 1.29 is 9.59 Å². The second kappa shape index (κ2) is 4.80. The van der Waals surface area contributed by atoms with Crippen molar-refractivity contribution in [3.8, 4) is 0 Å². The van der Waals surface area contributed by atoms with E-state index in [1.807, 2.05) is 4.90 Å². The minimum Gasteiger partial charge on any atom is -0.342 e. The molecule has 3 aliphatic rings. The summed E-state index contributed by atoms with van der Waals surface area (Å²) in [5.74, 6) is 0.708. The van der Waals surface area contributed by atoms with Crippen LogP contribution < -0.4 is 5.32 Å². The molecule has 0 aromatic carbocycles. The zero-order valence-electron chi connectivity index (χ0n) is 11.8. The largest absolute Gasteiger partial charge is 0.342 e. The Labute approximate surface area is 114 Å². The molecular weight excluding hydrogens is 240 g/mol. The van der Waals surface area contributed by atoms with Gasteiger partial charge in [0.05, 0.1) is 0 Å². The van der Waals surface area contributed by atoms with Gasteiger partial charge >= 0.3 is 0 Å². The molecule has 0 bridgehead atoms. The Morgan fingerprint density at radius 2 is 1.89 bits per heavy atom. The minimum absolute atomic E-state index is 0.122. The Bertz CT molecular complexity index is 384. The van der Waals surface area contributed by atoms with Crippen molar-refractivity contribution >= 4 is 11.8 Å². The van der Waals surface area contributed by atoms with Gasteiger partial charge in [-0.2, -0.15) is 0 Å². The molecule has 1 spiro atoms. The number of carbonyl (C=O) groups is 2. The van der Waals surface area contributed by atoms with Gasteiger partial charge in [0, 0.05) is 6.54 Å². The van der Waals surface area contributed by atoms with Gasteiger partial charge in [0.1, 0.15) is 11.6 Å². The molecule has 4 heteroatoms. The number of carbonyl (C=O) groups excluding carboxylic acids is 2. The number of hydrogen-bond acceptors (Lipinski definition) is 2. The third-order valence-electron chi connectivity index (χ3n) is 4.98. The van der Waals surface area contributed by atoms with Crippen molar-refractivity contribution in [2.75, 3.05) is 6.54 Å². The third-order valence-corrected chi connectivity index (χ3v) is 4.98. The molecule has 1 atom stereocenters. The van der Waals surface area contributed by atoms with E-state index in [0.717, 1.165) is 51.5 Å². The van der Waals surface area contributed by atoms with Crippen LogP contribution in [0.25, 0.3) is 0 Å². The lowest BCUT2D eigenvalue weighted by Crippen LogP contribution is -2.71. The maximum atomic E-state index is 12.7.